The molecule has 2 amide bonds. The Labute approximate surface area is 236 Å². The third-order valence-electron chi connectivity index (χ3n) is 5.80. The maximum Gasteiger partial charge on any atom is 0.311 e. The van der Waals surface area contributed by atoms with Crippen LogP contribution in [-0.4, -0.2) is 47.4 Å². The van der Waals surface area contributed by atoms with Crippen molar-refractivity contribution in [1.82, 2.24) is 10.2 Å². The Balaban J connectivity index is 1.96. The molecule has 9 nitrogen and oxygen atoms in total. The first-order valence-electron chi connectivity index (χ1n) is 12.1. The van der Waals surface area contributed by atoms with Crippen LogP contribution in [0.25, 0.3) is 0 Å². The van der Waals surface area contributed by atoms with Crippen molar-refractivity contribution >= 4 is 40.7 Å². The van der Waals surface area contributed by atoms with Crippen LogP contribution in [0, 0.1) is 10.1 Å². The van der Waals surface area contributed by atoms with E-state index in [0.29, 0.717) is 15.6 Å². The Morgan fingerprint density at radius 2 is 1.69 bits per heavy atom. The quantitative estimate of drug-likeness (QED) is 0.227. The lowest BCUT2D eigenvalue weighted by atomic mass is 10.0. The Morgan fingerprint density at radius 3 is 2.28 bits per heavy atom. The number of amides is 2. The van der Waals surface area contributed by atoms with Crippen molar-refractivity contribution in [3.8, 4) is 11.5 Å². The van der Waals surface area contributed by atoms with E-state index >= 15 is 0 Å². The average Bonchev–Trinajstić information content (AvgIpc) is 2.90. The molecule has 0 aliphatic heterocycles. The van der Waals surface area contributed by atoms with Crippen molar-refractivity contribution in [2.24, 2.45) is 0 Å². The first kappa shape index (κ1) is 29.7. The summed E-state index contributed by atoms with van der Waals surface area (Å²) < 4.78 is 10.8. The molecule has 0 aliphatic rings. The van der Waals surface area contributed by atoms with Gasteiger partial charge in [-0.1, -0.05) is 59.6 Å². The zero-order valence-corrected chi connectivity index (χ0v) is 23.2. The van der Waals surface area contributed by atoms with Gasteiger partial charge >= 0.3 is 5.69 Å². The number of benzene rings is 3. The fraction of sp³-hybridized carbons (Fsp3) is 0.286. The molecule has 3 aromatic carbocycles. The van der Waals surface area contributed by atoms with Gasteiger partial charge in [0.05, 0.1) is 12.0 Å². The van der Waals surface area contributed by atoms with E-state index in [1.165, 1.54) is 30.2 Å². The van der Waals surface area contributed by atoms with Crippen LogP contribution in [0.15, 0.2) is 66.7 Å². The van der Waals surface area contributed by atoms with E-state index in [1.54, 1.807) is 18.2 Å². The lowest BCUT2D eigenvalue weighted by molar-refractivity contribution is -0.385. The number of halogens is 2. The number of methoxy groups -OCH3 is 1. The molecule has 0 spiro atoms. The maximum atomic E-state index is 13.7. The molecule has 0 unspecified atom stereocenters. The van der Waals surface area contributed by atoms with Crippen LogP contribution >= 0.6 is 23.2 Å². The fourth-order valence-corrected chi connectivity index (χ4v) is 4.43. The summed E-state index contributed by atoms with van der Waals surface area (Å²) in [6.45, 7) is 3.16. The van der Waals surface area contributed by atoms with E-state index in [-0.39, 0.29) is 42.1 Å². The molecule has 0 aliphatic carbocycles. The molecule has 0 fully saturated rings. The second-order valence-electron chi connectivity index (χ2n) is 8.97. The van der Waals surface area contributed by atoms with Gasteiger partial charge in [-0.3, -0.25) is 19.7 Å². The molecule has 3 rings (SSSR count). The summed E-state index contributed by atoms with van der Waals surface area (Å²) in [6, 6.07) is 17.2. The smallest absolute Gasteiger partial charge is 0.311 e. The standard InChI is InChI=1S/C28H29Cl2N3O6/c1-18(2)31-28(35)25(14-19-8-5-4-6-9-19)32(16-21-22(29)10-7-11-23(21)30)27(34)17-39-20-12-13-24(33(36)37)26(15-20)38-3/h4-13,15,18,25H,14,16-17H2,1-3H3,(H,31,35)/t25-/m1/s1. The molecule has 1 atom stereocenters. The fourth-order valence-electron chi connectivity index (χ4n) is 3.91. The SMILES string of the molecule is COc1cc(OCC(=O)N(Cc2c(Cl)cccc2Cl)[C@H](Cc2ccccc2)C(=O)NC(C)C)ccc1[N+](=O)[O-]. The molecule has 0 aromatic heterocycles. The molecule has 39 heavy (non-hydrogen) atoms. The van der Waals surface area contributed by atoms with Crippen molar-refractivity contribution in [2.45, 2.75) is 38.9 Å². The minimum atomic E-state index is -0.912. The van der Waals surface area contributed by atoms with Crippen molar-refractivity contribution < 1.29 is 24.0 Å². The van der Waals surface area contributed by atoms with E-state index in [9.17, 15) is 19.7 Å². The molecular formula is C28H29Cl2N3O6. The first-order valence-corrected chi connectivity index (χ1v) is 12.9. The number of rotatable bonds is 12. The molecular weight excluding hydrogens is 545 g/mol. The number of hydrogen-bond donors (Lipinski definition) is 1. The van der Waals surface area contributed by atoms with Crippen LogP contribution in [0.5, 0.6) is 11.5 Å². The molecule has 11 heteroatoms. The summed E-state index contributed by atoms with van der Waals surface area (Å²) in [6.07, 6.45) is 0.235. The lowest BCUT2D eigenvalue weighted by Gasteiger charge is -2.32. The van der Waals surface area contributed by atoms with Crippen molar-refractivity contribution in [3.05, 3.63) is 98.0 Å². The van der Waals surface area contributed by atoms with Crippen LogP contribution in [-0.2, 0) is 22.6 Å². The lowest BCUT2D eigenvalue weighted by Crippen LogP contribution is -2.52. The second kappa shape index (κ2) is 13.8. The molecule has 0 saturated heterocycles. The Bertz CT molecular complexity index is 1300. The number of hydrogen-bond acceptors (Lipinski definition) is 6. The van der Waals surface area contributed by atoms with E-state index < -0.39 is 23.5 Å². The van der Waals surface area contributed by atoms with Crippen LogP contribution in [0.4, 0.5) is 5.69 Å². The molecule has 0 heterocycles. The third kappa shape index (κ3) is 8.08. The normalized spacial score (nSPS) is 11.5. The summed E-state index contributed by atoms with van der Waals surface area (Å²) in [7, 11) is 1.30. The number of carbonyl (C=O) groups is 2. The van der Waals surface area contributed by atoms with Crippen LogP contribution in [0.2, 0.25) is 10.0 Å². The van der Waals surface area contributed by atoms with Gasteiger partial charge in [-0.2, -0.15) is 0 Å². The van der Waals surface area contributed by atoms with E-state index in [0.717, 1.165) is 5.56 Å². The molecule has 206 valence electrons. The van der Waals surface area contributed by atoms with Gasteiger partial charge in [-0.25, -0.2) is 0 Å². The van der Waals surface area contributed by atoms with Gasteiger partial charge in [0.15, 0.2) is 6.61 Å². The Kier molecular flexibility index (Phi) is 10.5. The summed E-state index contributed by atoms with van der Waals surface area (Å²) >= 11 is 12.9. The highest BCUT2D eigenvalue weighted by Crippen LogP contribution is 2.31. The number of nitro groups is 1. The topological polar surface area (TPSA) is 111 Å². The van der Waals surface area contributed by atoms with E-state index in [1.807, 2.05) is 44.2 Å². The van der Waals surface area contributed by atoms with Gasteiger partial charge in [0.25, 0.3) is 5.91 Å². The highest BCUT2D eigenvalue weighted by molar-refractivity contribution is 6.36. The zero-order chi connectivity index (χ0) is 28.5. The van der Waals surface area contributed by atoms with Gasteiger partial charge < -0.3 is 19.7 Å². The summed E-state index contributed by atoms with van der Waals surface area (Å²) in [5, 5.41) is 14.8. The maximum absolute atomic E-state index is 13.7. The van der Waals surface area contributed by atoms with Gasteiger partial charge in [0.1, 0.15) is 11.8 Å². The van der Waals surface area contributed by atoms with Gasteiger partial charge in [0.2, 0.25) is 11.7 Å². The van der Waals surface area contributed by atoms with Crippen molar-refractivity contribution in [3.63, 3.8) is 0 Å². The second-order valence-corrected chi connectivity index (χ2v) is 9.78. The Morgan fingerprint density at radius 1 is 1.03 bits per heavy atom. The van der Waals surface area contributed by atoms with Crippen molar-refractivity contribution in [2.75, 3.05) is 13.7 Å². The van der Waals surface area contributed by atoms with Crippen LogP contribution in [0.3, 0.4) is 0 Å². The highest BCUT2D eigenvalue weighted by atomic mass is 35.5. The van der Waals surface area contributed by atoms with Crippen LogP contribution in [0.1, 0.15) is 25.0 Å². The molecule has 1 N–H and O–H groups in total. The van der Waals surface area contributed by atoms with Gasteiger partial charge in [-0.15, -0.1) is 0 Å². The van der Waals surface area contributed by atoms with Crippen molar-refractivity contribution in [1.29, 1.82) is 0 Å². The number of nitro benzene ring substituents is 1. The predicted octanol–water partition coefficient (Wildman–Crippen LogP) is 5.45. The predicted molar refractivity (Wildman–Crippen MR) is 149 cm³/mol. The first-order chi connectivity index (χ1) is 18.6. The largest absolute Gasteiger partial charge is 0.490 e. The monoisotopic (exact) mass is 573 g/mol. The zero-order valence-electron chi connectivity index (χ0n) is 21.7. The van der Waals surface area contributed by atoms with Gasteiger partial charge in [0, 0.05) is 46.7 Å². The number of ether oxygens (including phenoxy) is 2. The summed E-state index contributed by atoms with van der Waals surface area (Å²) in [5.41, 5.74) is 1.10. The highest BCUT2D eigenvalue weighted by Gasteiger charge is 2.32. The number of nitrogens with one attached hydrogen (secondary N) is 1. The minimum Gasteiger partial charge on any atom is -0.490 e. The summed E-state index contributed by atoms with van der Waals surface area (Å²) in [4.78, 5) is 39.1. The molecule has 3 aromatic rings. The molecule has 0 saturated carbocycles. The van der Waals surface area contributed by atoms with Crippen LogP contribution < -0.4 is 14.8 Å². The number of carbonyl (C=O) groups excluding carboxylic acids is 2. The minimum absolute atomic E-state index is 0.0112. The molecule has 0 bridgehead atoms. The van der Waals surface area contributed by atoms with E-state index in [2.05, 4.69) is 5.32 Å². The molecule has 0 radical (unpaired) electrons. The third-order valence-corrected chi connectivity index (χ3v) is 6.51. The average molecular weight is 574 g/mol. The van der Waals surface area contributed by atoms with Gasteiger partial charge in [-0.05, 0) is 37.6 Å². The van der Waals surface area contributed by atoms with E-state index in [4.69, 9.17) is 32.7 Å². The Hall–Kier alpha value is -3.82. The number of nitrogens with zero attached hydrogens (tertiary/aromatic N) is 2. The summed E-state index contributed by atoms with van der Waals surface area (Å²) in [5.74, 6) is -0.679.